The number of aliphatic hydroxyl groups excluding tert-OH is 1. The van der Waals surface area contributed by atoms with Crippen LogP contribution in [0.3, 0.4) is 0 Å². The molecule has 0 fully saturated rings. The summed E-state index contributed by atoms with van der Waals surface area (Å²) < 4.78 is 0. The van der Waals surface area contributed by atoms with Crippen molar-refractivity contribution in [3.05, 3.63) is 54.1 Å². The van der Waals surface area contributed by atoms with Gasteiger partial charge in [0.1, 0.15) is 0 Å². The average Bonchev–Trinajstić information content (AvgIpc) is 2.16. The van der Waals surface area contributed by atoms with Crippen LogP contribution in [0.15, 0.2) is 42.0 Å². The van der Waals surface area contributed by atoms with Gasteiger partial charge in [-0.25, -0.2) is 0 Å². The van der Waals surface area contributed by atoms with Gasteiger partial charge in [0.05, 0.1) is 6.61 Å². The molecule has 1 heteroatoms. The third kappa shape index (κ3) is 2.72. The third-order valence-electron chi connectivity index (χ3n) is 1.47. The summed E-state index contributed by atoms with van der Waals surface area (Å²) in [7, 11) is 0. The Balaban J connectivity index is 2.64. The monoisotopic (exact) mass is 159 g/mol. The lowest BCUT2D eigenvalue weighted by molar-refractivity contribution is 0.335. The van der Waals surface area contributed by atoms with Crippen LogP contribution in [0.25, 0.3) is 6.08 Å². The molecular weight excluding hydrogens is 148 g/mol. The molecule has 1 nitrogen and oxygen atoms in total. The van der Waals surface area contributed by atoms with Crippen LogP contribution >= 0.6 is 0 Å². The summed E-state index contributed by atoms with van der Waals surface area (Å²) in [6, 6.07) is 9.81. The van der Waals surface area contributed by atoms with Crippen molar-refractivity contribution < 1.29 is 5.11 Å². The zero-order valence-electron chi connectivity index (χ0n) is 6.77. The molecule has 12 heavy (non-hydrogen) atoms. The fourth-order valence-corrected chi connectivity index (χ4v) is 0.820. The average molecular weight is 159 g/mol. The highest BCUT2D eigenvalue weighted by Crippen LogP contribution is 2.02. The summed E-state index contributed by atoms with van der Waals surface area (Å²) in [5, 5.41) is 8.60. The van der Waals surface area contributed by atoms with Gasteiger partial charge >= 0.3 is 0 Å². The van der Waals surface area contributed by atoms with Gasteiger partial charge in [-0.05, 0) is 11.1 Å². The lowest BCUT2D eigenvalue weighted by Crippen LogP contribution is -1.81. The second-order valence-electron chi connectivity index (χ2n) is 2.48. The molecule has 0 saturated heterocycles. The highest BCUT2D eigenvalue weighted by molar-refractivity contribution is 5.51. The van der Waals surface area contributed by atoms with Gasteiger partial charge in [-0.3, -0.25) is 0 Å². The predicted molar refractivity (Wildman–Crippen MR) is 50.4 cm³/mol. The number of aliphatic hydroxyl groups is 1. The van der Waals surface area contributed by atoms with E-state index in [0.717, 1.165) is 5.56 Å². The van der Waals surface area contributed by atoms with E-state index < -0.39 is 0 Å². The first kappa shape index (κ1) is 8.75. The lowest BCUT2D eigenvalue weighted by atomic mass is 10.2. The standard InChI is InChI=1S/C11H11O/c1-10(9-12)7-8-11-5-3-2-4-6-11/h1-8,12H,9H2. The quantitative estimate of drug-likeness (QED) is 0.669. The molecule has 0 unspecified atom stereocenters. The molecule has 0 heterocycles. The zero-order chi connectivity index (χ0) is 8.81. The van der Waals surface area contributed by atoms with Crippen molar-refractivity contribution in [1.82, 2.24) is 0 Å². The molecule has 61 valence electrons. The number of rotatable bonds is 3. The van der Waals surface area contributed by atoms with E-state index in [-0.39, 0.29) is 6.61 Å². The van der Waals surface area contributed by atoms with Gasteiger partial charge in [0, 0.05) is 0 Å². The van der Waals surface area contributed by atoms with Crippen molar-refractivity contribution in [3.63, 3.8) is 0 Å². The minimum atomic E-state index is -0.0939. The predicted octanol–water partition coefficient (Wildman–Crippen LogP) is 2.05. The molecule has 0 aliphatic carbocycles. The van der Waals surface area contributed by atoms with E-state index in [0.29, 0.717) is 5.57 Å². The number of benzene rings is 1. The summed E-state index contributed by atoms with van der Waals surface area (Å²) in [6.07, 6.45) is 3.57. The van der Waals surface area contributed by atoms with Crippen molar-refractivity contribution in [2.45, 2.75) is 0 Å². The Morgan fingerprint density at radius 1 is 1.33 bits per heavy atom. The van der Waals surface area contributed by atoms with Gasteiger partial charge < -0.3 is 5.11 Å². The lowest BCUT2D eigenvalue weighted by Gasteiger charge is -1.92. The second-order valence-corrected chi connectivity index (χ2v) is 2.48. The summed E-state index contributed by atoms with van der Waals surface area (Å²) in [5.41, 5.74) is 1.55. The van der Waals surface area contributed by atoms with Crippen molar-refractivity contribution in [1.29, 1.82) is 0 Å². The highest BCUT2D eigenvalue weighted by Gasteiger charge is 1.84. The first-order chi connectivity index (χ1) is 5.83. The van der Waals surface area contributed by atoms with Crippen molar-refractivity contribution in [2.24, 2.45) is 0 Å². The van der Waals surface area contributed by atoms with Crippen LogP contribution in [0.5, 0.6) is 0 Å². The van der Waals surface area contributed by atoms with Crippen LogP contribution in [0.2, 0.25) is 0 Å². The minimum Gasteiger partial charge on any atom is -0.392 e. The molecule has 0 aromatic heterocycles. The molecule has 0 bridgehead atoms. The zero-order valence-corrected chi connectivity index (χ0v) is 6.77. The van der Waals surface area contributed by atoms with Crippen LogP contribution in [0.1, 0.15) is 5.56 Å². The molecule has 1 radical (unpaired) electrons. The molecule has 1 N–H and O–H groups in total. The molecule has 1 rings (SSSR count). The molecule has 0 atom stereocenters. The largest absolute Gasteiger partial charge is 0.392 e. The Morgan fingerprint density at radius 2 is 2.00 bits per heavy atom. The second kappa shape index (κ2) is 4.52. The number of hydrogen-bond acceptors (Lipinski definition) is 1. The minimum absolute atomic E-state index is 0.0939. The molecule has 1 aromatic rings. The normalized spacial score (nSPS) is 10.4. The Kier molecular flexibility index (Phi) is 3.30. The molecule has 0 aliphatic heterocycles. The van der Waals surface area contributed by atoms with Crippen LogP contribution in [0.4, 0.5) is 0 Å². The van der Waals surface area contributed by atoms with Crippen molar-refractivity contribution in [2.75, 3.05) is 6.61 Å². The van der Waals surface area contributed by atoms with Gasteiger partial charge in [-0.2, -0.15) is 0 Å². The van der Waals surface area contributed by atoms with E-state index in [1.807, 2.05) is 36.4 Å². The van der Waals surface area contributed by atoms with Crippen LogP contribution < -0.4 is 0 Å². The van der Waals surface area contributed by atoms with Gasteiger partial charge in [0.2, 0.25) is 0 Å². The Labute approximate surface area is 72.7 Å². The Hall–Kier alpha value is -1.34. The molecule has 0 aliphatic rings. The summed E-state index contributed by atoms with van der Waals surface area (Å²) in [6.45, 7) is 5.31. The fourth-order valence-electron chi connectivity index (χ4n) is 0.820. The van der Waals surface area contributed by atoms with Crippen LogP contribution in [-0.2, 0) is 0 Å². The van der Waals surface area contributed by atoms with E-state index in [2.05, 4.69) is 0 Å². The maximum absolute atomic E-state index is 8.60. The van der Waals surface area contributed by atoms with Crippen molar-refractivity contribution in [3.8, 4) is 0 Å². The van der Waals surface area contributed by atoms with E-state index >= 15 is 0 Å². The van der Waals surface area contributed by atoms with Gasteiger partial charge in [-0.15, -0.1) is 0 Å². The molecule has 1 aromatic carbocycles. The summed E-state index contributed by atoms with van der Waals surface area (Å²) in [4.78, 5) is 0. The fraction of sp³-hybridized carbons (Fsp3) is 0.0909. The third-order valence-corrected chi connectivity index (χ3v) is 1.47. The van der Waals surface area contributed by atoms with Gasteiger partial charge in [0.15, 0.2) is 0 Å². The van der Waals surface area contributed by atoms with Gasteiger partial charge in [-0.1, -0.05) is 49.1 Å². The topological polar surface area (TPSA) is 20.2 Å². The Bertz CT molecular complexity index is 272. The first-order valence-corrected chi connectivity index (χ1v) is 3.78. The number of hydrogen-bond donors (Lipinski definition) is 1. The Morgan fingerprint density at radius 3 is 2.58 bits per heavy atom. The summed E-state index contributed by atoms with van der Waals surface area (Å²) in [5.74, 6) is 0. The molecular formula is C11H11O. The smallest absolute Gasteiger partial charge is 0.0681 e. The van der Waals surface area contributed by atoms with E-state index in [1.165, 1.54) is 0 Å². The van der Waals surface area contributed by atoms with E-state index in [1.54, 1.807) is 6.08 Å². The maximum Gasteiger partial charge on any atom is 0.0681 e. The van der Waals surface area contributed by atoms with Crippen molar-refractivity contribution >= 4 is 6.08 Å². The molecule has 0 saturated carbocycles. The maximum atomic E-state index is 8.60. The molecule has 0 spiro atoms. The van der Waals surface area contributed by atoms with E-state index in [9.17, 15) is 0 Å². The SMILES string of the molecule is [CH]=C(C=Cc1ccccc1)CO. The summed E-state index contributed by atoms with van der Waals surface area (Å²) >= 11 is 0. The first-order valence-electron chi connectivity index (χ1n) is 3.78. The molecule has 0 amide bonds. The van der Waals surface area contributed by atoms with Gasteiger partial charge in [0.25, 0.3) is 0 Å². The highest BCUT2D eigenvalue weighted by atomic mass is 16.3. The van der Waals surface area contributed by atoms with E-state index in [4.69, 9.17) is 11.7 Å². The van der Waals surface area contributed by atoms with Crippen LogP contribution in [0, 0.1) is 6.58 Å². The van der Waals surface area contributed by atoms with Crippen LogP contribution in [-0.4, -0.2) is 11.7 Å².